The third kappa shape index (κ3) is 4.03. The molecule has 0 saturated heterocycles. The van der Waals surface area contributed by atoms with Crippen molar-refractivity contribution in [1.82, 2.24) is 9.38 Å². The average Bonchev–Trinajstić information content (AvgIpc) is 3.31. The summed E-state index contributed by atoms with van der Waals surface area (Å²) in [7, 11) is 1.66. The number of anilines is 1. The maximum atomic E-state index is 12.4. The van der Waals surface area contributed by atoms with Crippen molar-refractivity contribution in [2.75, 3.05) is 12.4 Å². The standard InChI is InChI=1S/C23H23N3O2S/c1-15-5-4-6-20(16(15)2)24-22(27)12-9-18-14-29-23-25-21(13-26(18)23)17-7-10-19(28-3)11-8-17/h4-8,10-11,13-14H,9,12H2,1-3H3,(H,24,27). The van der Waals surface area contributed by atoms with Crippen LogP contribution in [0, 0.1) is 13.8 Å². The zero-order chi connectivity index (χ0) is 20.4. The minimum atomic E-state index is 0.0218. The number of thiazole rings is 1. The summed E-state index contributed by atoms with van der Waals surface area (Å²) in [6.45, 7) is 4.08. The second kappa shape index (κ2) is 8.09. The molecule has 29 heavy (non-hydrogen) atoms. The molecule has 6 heteroatoms. The smallest absolute Gasteiger partial charge is 0.224 e. The van der Waals surface area contributed by atoms with E-state index in [-0.39, 0.29) is 5.91 Å². The van der Waals surface area contributed by atoms with Crippen molar-refractivity contribution >= 4 is 27.9 Å². The van der Waals surface area contributed by atoms with E-state index in [1.807, 2.05) is 62.5 Å². The van der Waals surface area contributed by atoms with E-state index >= 15 is 0 Å². The number of nitrogens with one attached hydrogen (secondary N) is 1. The number of hydrogen-bond donors (Lipinski definition) is 1. The van der Waals surface area contributed by atoms with Gasteiger partial charge in [0.2, 0.25) is 5.91 Å². The van der Waals surface area contributed by atoms with Crippen LogP contribution in [0.1, 0.15) is 23.2 Å². The molecule has 0 unspecified atom stereocenters. The second-order valence-electron chi connectivity index (χ2n) is 7.03. The Morgan fingerprint density at radius 2 is 1.97 bits per heavy atom. The lowest BCUT2D eigenvalue weighted by Crippen LogP contribution is -2.13. The molecule has 148 valence electrons. The van der Waals surface area contributed by atoms with Crippen LogP contribution < -0.4 is 10.1 Å². The number of ether oxygens (including phenoxy) is 1. The van der Waals surface area contributed by atoms with Gasteiger partial charge in [0.15, 0.2) is 4.96 Å². The minimum absolute atomic E-state index is 0.0218. The molecule has 0 atom stereocenters. The summed E-state index contributed by atoms with van der Waals surface area (Å²) < 4.78 is 7.30. The molecule has 0 radical (unpaired) electrons. The van der Waals surface area contributed by atoms with E-state index in [4.69, 9.17) is 9.72 Å². The highest BCUT2D eigenvalue weighted by molar-refractivity contribution is 7.15. The second-order valence-corrected chi connectivity index (χ2v) is 7.87. The normalized spacial score (nSPS) is 11.0. The Morgan fingerprint density at radius 1 is 1.17 bits per heavy atom. The van der Waals surface area contributed by atoms with Crippen LogP contribution in [0.15, 0.2) is 54.0 Å². The van der Waals surface area contributed by atoms with E-state index in [1.54, 1.807) is 18.4 Å². The predicted octanol–water partition coefficient (Wildman–Crippen LogP) is 5.26. The average molecular weight is 406 g/mol. The number of fused-ring (bicyclic) bond motifs is 1. The molecule has 0 bridgehead atoms. The van der Waals surface area contributed by atoms with Gasteiger partial charge in [-0.3, -0.25) is 9.20 Å². The van der Waals surface area contributed by atoms with E-state index in [0.29, 0.717) is 12.8 Å². The summed E-state index contributed by atoms with van der Waals surface area (Å²) in [5.41, 5.74) is 6.22. The van der Waals surface area contributed by atoms with Crippen molar-refractivity contribution in [1.29, 1.82) is 0 Å². The molecule has 1 N–H and O–H groups in total. The van der Waals surface area contributed by atoms with Gasteiger partial charge in [-0.15, -0.1) is 11.3 Å². The first kappa shape index (κ1) is 19.2. The third-order valence-corrected chi connectivity index (χ3v) is 6.04. The zero-order valence-corrected chi connectivity index (χ0v) is 17.5. The maximum Gasteiger partial charge on any atom is 0.224 e. The van der Waals surface area contributed by atoms with Gasteiger partial charge in [-0.05, 0) is 61.7 Å². The predicted molar refractivity (Wildman–Crippen MR) is 118 cm³/mol. The van der Waals surface area contributed by atoms with Crippen LogP contribution in [0.2, 0.25) is 0 Å². The van der Waals surface area contributed by atoms with Crippen LogP contribution in [0.5, 0.6) is 5.75 Å². The minimum Gasteiger partial charge on any atom is -0.497 e. The lowest BCUT2D eigenvalue weighted by molar-refractivity contribution is -0.116. The van der Waals surface area contributed by atoms with Crippen molar-refractivity contribution in [3.05, 3.63) is 70.9 Å². The summed E-state index contributed by atoms with van der Waals surface area (Å²) in [6, 6.07) is 13.8. The quantitative estimate of drug-likeness (QED) is 0.476. The van der Waals surface area contributed by atoms with Crippen LogP contribution in [-0.4, -0.2) is 22.4 Å². The number of imidazole rings is 1. The first-order chi connectivity index (χ1) is 14.0. The first-order valence-corrected chi connectivity index (χ1v) is 10.4. The van der Waals surface area contributed by atoms with Gasteiger partial charge in [0.1, 0.15) is 5.75 Å². The van der Waals surface area contributed by atoms with Crippen LogP contribution >= 0.6 is 11.3 Å². The van der Waals surface area contributed by atoms with Crippen molar-refractivity contribution < 1.29 is 9.53 Å². The Kier molecular flexibility index (Phi) is 5.36. The highest BCUT2D eigenvalue weighted by Crippen LogP contribution is 2.26. The Bertz CT molecular complexity index is 1160. The molecule has 2 aromatic heterocycles. The van der Waals surface area contributed by atoms with E-state index in [2.05, 4.69) is 15.1 Å². The highest BCUT2D eigenvalue weighted by atomic mass is 32.1. The number of rotatable bonds is 6. The number of carbonyl (C=O) groups excluding carboxylic acids is 1. The lowest BCUT2D eigenvalue weighted by Gasteiger charge is -2.10. The Hall–Kier alpha value is -3.12. The van der Waals surface area contributed by atoms with Crippen molar-refractivity contribution in [3.8, 4) is 17.0 Å². The molecule has 1 amide bonds. The van der Waals surface area contributed by atoms with Crippen molar-refractivity contribution in [2.24, 2.45) is 0 Å². The first-order valence-electron chi connectivity index (χ1n) is 9.51. The Labute approximate surface area is 174 Å². The Morgan fingerprint density at radius 3 is 2.72 bits per heavy atom. The van der Waals surface area contributed by atoms with Crippen LogP contribution in [0.3, 0.4) is 0 Å². The van der Waals surface area contributed by atoms with E-state index in [0.717, 1.165) is 38.9 Å². The largest absolute Gasteiger partial charge is 0.497 e. The number of carbonyl (C=O) groups is 1. The molecule has 0 aliphatic rings. The maximum absolute atomic E-state index is 12.4. The van der Waals surface area contributed by atoms with Gasteiger partial charge in [-0.2, -0.15) is 0 Å². The summed E-state index contributed by atoms with van der Waals surface area (Å²) in [6.07, 6.45) is 3.12. The molecule has 0 fully saturated rings. The molecular formula is C23H23N3O2S. The summed E-state index contributed by atoms with van der Waals surface area (Å²) in [4.78, 5) is 18.1. The van der Waals surface area contributed by atoms with Gasteiger partial charge in [-0.25, -0.2) is 4.98 Å². The summed E-state index contributed by atoms with van der Waals surface area (Å²) >= 11 is 1.59. The summed E-state index contributed by atoms with van der Waals surface area (Å²) in [5, 5.41) is 5.11. The molecule has 0 saturated carbocycles. The van der Waals surface area contributed by atoms with Crippen LogP contribution in [0.25, 0.3) is 16.2 Å². The van der Waals surface area contributed by atoms with E-state index in [9.17, 15) is 4.79 Å². The summed E-state index contributed by atoms with van der Waals surface area (Å²) in [5.74, 6) is 0.846. The third-order valence-electron chi connectivity index (χ3n) is 5.16. The van der Waals surface area contributed by atoms with Gasteiger partial charge in [0, 0.05) is 34.9 Å². The van der Waals surface area contributed by atoms with E-state index < -0.39 is 0 Å². The number of aryl methyl sites for hydroxylation is 2. The zero-order valence-electron chi connectivity index (χ0n) is 16.7. The van der Waals surface area contributed by atoms with Gasteiger partial charge < -0.3 is 10.1 Å². The van der Waals surface area contributed by atoms with Gasteiger partial charge in [0.05, 0.1) is 12.8 Å². The molecular weight excluding hydrogens is 382 g/mol. The SMILES string of the molecule is COc1ccc(-c2cn3c(CCC(=O)Nc4cccc(C)c4C)csc3n2)cc1. The molecule has 5 nitrogen and oxygen atoms in total. The number of nitrogens with zero attached hydrogens (tertiary/aromatic N) is 2. The molecule has 2 heterocycles. The molecule has 4 rings (SSSR count). The van der Waals surface area contributed by atoms with E-state index in [1.165, 1.54) is 5.56 Å². The van der Waals surface area contributed by atoms with Gasteiger partial charge in [-0.1, -0.05) is 12.1 Å². The Balaban J connectivity index is 1.46. The fourth-order valence-electron chi connectivity index (χ4n) is 3.25. The number of hydrogen-bond acceptors (Lipinski definition) is 4. The van der Waals surface area contributed by atoms with Crippen LogP contribution in [-0.2, 0) is 11.2 Å². The topological polar surface area (TPSA) is 55.6 Å². The number of amides is 1. The highest BCUT2D eigenvalue weighted by Gasteiger charge is 2.12. The van der Waals surface area contributed by atoms with Gasteiger partial charge >= 0.3 is 0 Å². The number of methoxy groups -OCH3 is 1. The molecule has 0 aliphatic carbocycles. The molecule has 0 spiro atoms. The monoisotopic (exact) mass is 405 g/mol. The van der Waals surface area contributed by atoms with Crippen LogP contribution in [0.4, 0.5) is 5.69 Å². The molecule has 2 aromatic carbocycles. The van der Waals surface area contributed by atoms with Crippen molar-refractivity contribution in [2.45, 2.75) is 26.7 Å². The van der Waals surface area contributed by atoms with Crippen molar-refractivity contribution in [3.63, 3.8) is 0 Å². The molecule has 4 aromatic rings. The molecule has 0 aliphatic heterocycles. The fourth-order valence-corrected chi connectivity index (χ4v) is 4.16. The number of aromatic nitrogens is 2. The van der Waals surface area contributed by atoms with Gasteiger partial charge in [0.25, 0.3) is 0 Å². The lowest BCUT2D eigenvalue weighted by atomic mass is 10.1. The fraction of sp³-hybridized carbons (Fsp3) is 0.217. The number of benzene rings is 2.